The number of nitrogens with one attached hydrogen (secondary N) is 1. The molecule has 3 aliphatic rings. The Bertz CT molecular complexity index is 118. The van der Waals surface area contributed by atoms with Gasteiger partial charge in [0.2, 0.25) is 0 Å². The van der Waals surface area contributed by atoms with E-state index in [9.17, 15) is 0 Å². The molecule has 2 nitrogen and oxygen atoms in total. The minimum Gasteiger partial charge on any atom is -0.396 e. The molecular weight excluding hydrogens is 162 g/mol. The third-order valence-electron chi connectivity index (χ3n) is 3.15. The maximum absolute atomic E-state index is 9.13. The van der Waals surface area contributed by atoms with Gasteiger partial charge in [-0.05, 0) is 25.7 Å². The maximum Gasteiger partial charge on any atom is 0.0499 e. The van der Waals surface area contributed by atoms with Crippen LogP contribution in [0.5, 0.6) is 0 Å². The Kier molecular flexibility index (Phi) is 2.79. The highest BCUT2D eigenvalue weighted by atomic mass is 35.5. The second-order valence-corrected chi connectivity index (χ2v) is 3.81. The highest BCUT2D eigenvalue weighted by molar-refractivity contribution is 5.85. The summed E-state index contributed by atoms with van der Waals surface area (Å²) in [5, 5.41) is 12.6. The Morgan fingerprint density at radius 3 is 2.27 bits per heavy atom. The first-order valence-electron chi connectivity index (χ1n) is 4.19. The van der Waals surface area contributed by atoms with E-state index in [-0.39, 0.29) is 17.8 Å². The minimum absolute atomic E-state index is 0. The molecule has 0 aromatic rings. The minimum atomic E-state index is 0. The van der Waals surface area contributed by atoms with Gasteiger partial charge in [-0.15, -0.1) is 12.4 Å². The molecule has 2 heterocycles. The first-order chi connectivity index (χ1) is 4.85. The molecule has 1 saturated carbocycles. The van der Waals surface area contributed by atoms with Crippen molar-refractivity contribution in [2.45, 2.75) is 31.7 Å². The smallest absolute Gasteiger partial charge is 0.0499 e. The molecule has 0 amide bonds. The van der Waals surface area contributed by atoms with Gasteiger partial charge >= 0.3 is 0 Å². The molecule has 3 fully saturated rings. The van der Waals surface area contributed by atoms with E-state index in [0.717, 1.165) is 12.6 Å². The van der Waals surface area contributed by atoms with E-state index in [1.165, 1.54) is 25.7 Å². The standard InChI is InChI=1S/C8H15NO.ClH/c10-6-8-3-1-7(2-4-8)9-5-8;/h7,9-10H,1-6H2;1H. The number of rotatable bonds is 1. The van der Waals surface area contributed by atoms with E-state index >= 15 is 0 Å². The highest BCUT2D eigenvalue weighted by Crippen LogP contribution is 2.39. The number of halogens is 1. The molecule has 0 aromatic carbocycles. The molecule has 2 bridgehead atoms. The lowest BCUT2D eigenvalue weighted by molar-refractivity contribution is 0.0323. The lowest BCUT2D eigenvalue weighted by Gasteiger charge is -2.46. The summed E-state index contributed by atoms with van der Waals surface area (Å²) in [6, 6.07) is 0.772. The fourth-order valence-corrected chi connectivity index (χ4v) is 2.19. The zero-order valence-electron chi connectivity index (χ0n) is 6.68. The Balaban J connectivity index is 0.000000605. The van der Waals surface area contributed by atoms with Crippen molar-refractivity contribution in [1.29, 1.82) is 0 Å². The Hall–Kier alpha value is 0.210. The monoisotopic (exact) mass is 177 g/mol. The molecule has 2 saturated heterocycles. The maximum atomic E-state index is 9.13. The average molecular weight is 178 g/mol. The lowest BCUT2D eigenvalue weighted by atomic mass is 9.69. The van der Waals surface area contributed by atoms with Crippen molar-refractivity contribution in [2.75, 3.05) is 13.2 Å². The highest BCUT2D eigenvalue weighted by Gasteiger charge is 2.39. The molecule has 0 unspecified atom stereocenters. The van der Waals surface area contributed by atoms with Crippen LogP contribution in [-0.4, -0.2) is 24.3 Å². The van der Waals surface area contributed by atoms with Crippen LogP contribution in [-0.2, 0) is 0 Å². The van der Waals surface area contributed by atoms with Gasteiger partial charge < -0.3 is 10.4 Å². The van der Waals surface area contributed by atoms with Crippen molar-refractivity contribution in [3.8, 4) is 0 Å². The zero-order chi connectivity index (χ0) is 7.03. The third-order valence-corrected chi connectivity index (χ3v) is 3.15. The quantitative estimate of drug-likeness (QED) is 0.625. The van der Waals surface area contributed by atoms with Crippen LogP contribution in [0.1, 0.15) is 25.7 Å². The first kappa shape index (κ1) is 9.30. The van der Waals surface area contributed by atoms with Crippen molar-refractivity contribution in [3.63, 3.8) is 0 Å². The van der Waals surface area contributed by atoms with Gasteiger partial charge in [-0.2, -0.15) is 0 Å². The van der Waals surface area contributed by atoms with Gasteiger partial charge in [0, 0.05) is 24.6 Å². The topological polar surface area (TPSA) is 32.3 Å². The van der Waals surface area contributed by atoms with E-state index in [1.54, 1.807) is 0 Å². The molecule has 11 heavy (non-hydrogen) atoms. The van der Waals surface area contributed by atoms with Crippen LogP contribution in [0.25, 0.3) is 0 Å². The summed E-state index contributed by atoms with van der Waals surface area (Å²) in [6.45, 7) is 1.43. The van der Waals surface area contributed by atoms with E-state index < -0.39 is 0 Å². The molecule has 3 heteroatoms. The van der Waals surface area contributed by atoms with Gasteiger partial charge in [0.25, 0.3) is 0 Å². The average Bonchev–Trinajstić information content (AvgIpc) is 2.08. The summed E-state index contributed by atoms with van der Waals surface area (Å²) in [5.74, 6) is 0. The van der Waals surface area contributed by atoms with E-state index in [2.05, 4.69) is 5.32 Å². The largest absolute Gasteiger partial charge is 0.396 e. The van der Waals surface area contributed by atoms with Gasteiger partial charge in [-0.25, -0.2) is 0 Å². The molecule has 0 aromatic heterocycles. The van der Waals surface area contributed by atoms with Crippen molar-refractivity contribution >= 4 is 12.4 Å². The molecule has 0 spiro atoms. The van der Waals surface area contributed by atoms with Crippen LogP contribution in [0.2, 0.25) is 0 Å². The Labute approximate surface area is 73.8 Å². The first-order valence-corrected chi connectivity index (χ1v) is 4.19. The number of hydrogen-bond donors (Lipinski definition) is 2. The zero-order valence-corrected chi connectivity index (χ0v) is 7.49. The van der Waals surface area contributed by atoms with Crippen LogP contribution in [0.3, 0.4) is 0 Å². The van der Waals surface area contributed by atoms with Gasteiger partial charge in [0.15, 0.2) is 0 Å². The van der Waals surface area contributed by atoms with Gasteiger partial charge in [-0.3, -0.25) is 0 Å². The molecule has 66 valence electrons. The summed E-state index contributed by atoms with van der Waals surface area (Å²) in [4.78, 5) is 0. The van der Waals surface area contributed by atoms with Crippen molar-refractivity contribution in [1.82, 2.24) is 5.32 Å². The van der Waals surface area contributed by atoms with Crippen LogP contribution in [0, 0.1) is 5.41 Å². The SMILES string of the molecule is Cl.OCC12CCC(CC1)NC2. The predicted octanol–water partition coefficient (Wildman–Crippen LogP) is 0.933. The van der Waals surface area contributed by atoms with E-state index in [4.69, 9.17) is 5.11 Å². The van der Waals surface area contributed by atoms with Crippen LogP contribution < -0.4 is 5.32 Å². The second-order valence-electron chi connectivity index (χ2n) is 3.81. The Morgan fingerprint density at radius 1 is 1.36 bits per heavy atom. The summed E-state index contributed by atoms with van der Waals surface area (Å²) >= 11 is 0. The lowest BCUT2D eigenvalue weighted by Crippen LogP contribution is -2.52. The summed E-state index contributed by atoms with van der Waals surface area (Å²) < 4.78 is 0. The summed E-state index contributed by atoms with van der Waals surface area (Å²) in [7, 11) is 0. The fourth-order valence-electron chi connectivity index (χ4n) is 2.19. The molecular formula is C8H16ClNO. The molecule has 0 atom stereocenters. The molecule has 3 rings (SSSR count). The predicted molar refractivity (Wildman–Crippen MR) is 47.0 cm³/mol. The van der Waals surface area contributed by atoms with Crippen molar-refractivity contribution in [2.24, 2.45) is 5.41 Å². The number of piperidine rings is 2. The molecule has 2 aliphatic heterocycles. The molecule has 2 N–H and O–H groups in total. The number of aliphatic hydroxyl groups excluding tert-OH is 1. The summed E-state index contributed by atoms with van der Waals surface area (Å²) in [5.41, 5.74) is 0.273. The van der Waals surface area contributed by atoms with Crippen LogP contribution >= 0.6 is 12.4 Å². The fraction of sp³-hybridized carbons (Fsp3) is 1.00. The summed E-state index contributed by atoms with van der Waals surface area (Å²) in [6.07, 6.45) is 5.03. The van der Waals surface area contributed by atoms with Crippen molar-refractivity contribution < 1.29 is 5.11 Å². The molecule has 0 radical (unpaired) electrons. The number of fused-ring (bicyclic) bond motifs is 3. The van der Waals surface area contributed by atoms with Crippen LogP contribution in [0.4, 0.5) is 0 Å². The second kappa shape index (κ2) is 3.30. The van der Waals surface area contributed by atoms with Gasteiger partial charge in [0.05, 0.1) is 0 Å². The normalized spacial score (nSPS) is 41.7. The number of hydrogen-bond acceptors (Lipinski definition) is 2. The third kappa shape index (κ3) is 1.53. The Morgan fingerprint density at radius 2 is 2.00 bits per heavy atom. The van der Waals surface area contributed by atoms with Gasteiger partial charge in [0.1, 0.15) is 0 Å². The van der Waals surface area contributed by atoms with E-state index in [0.29, 0.717) is 6.61 Å². The van der Waals surface area contributed by atoms with Crippen LogP contribution in [0.15, 0.2) is 0 Å². The van der Waals surface area contributed by atoms with Crippen molar-refractivity contribution in [3.05, 3.63) is 0 Å². The van der Waals surface area contributed by atoms with E-state index in [1.807, 2.05) is 0 Å². The molecule has 1 aliphatic carbocycles. The van der Waals surface area contributed by atoms with Gasteiger partial charge in [-0.1, -0.05) is 0 Å². The number of aliphatic hydroxyl groups is 1.